The summed E-state index contributed by atoms with van der Waals surface area (Å²) in [6.45, 7) is 13.6. The molecule has 2 aromatic rings. The van der Waals surface area contributed by atoms with E-state index in [1.807, 2.05) is 0 Å². The van der Waals surface area contributed by atoms with Crippen molar-refractivity contribution in [3.63, 3.8) is 0 Å². The van der Waals surface area contributed by atoms with Gasteiger partial charge in [-0.25, -0.2) is 0 Å². The van der Waals surface area contributed by atoms with Crippen LogP contribution in [-0.4, -0.2) is 99.9 Å². The summed E-state index contributed by atoms with van der Waals surface area (Å²) in [4.78, 5) is 16.5. The predicted octanol–water partition coefficient (Wildman–Crippen LogP) is 4.96. The number of ether oxygens (including phenoxy) is 2. The van der Waals surface area contributed by atoms with E-state index in [1.165, 1.54) is 63.0 Å². The molecule has 4 fully saturated rings. The zero-order chi connectivity index (χ0) is 35.6. The van der Waals surface area contributed by atoms with Gasteiger partial charge in [0.2, 0.25) is 0 Å². The van der Waals surface area contributed by atoms with Crippen LogP contribution in [-0.2, 0) is 4.79 Å². The maximum Gasteiger partial charge on any atom is 1.00 e. The van der Waals surface area contributed by atoms with Gasteiger partial charge in [-0.1, -0.05) is 38.1 Å². The molecule has 0 spiro atoms. The fourth-order valence-electron chi connectivity index (χ4n) is 8.29. The molecule has 2 heterocycles. The first-order valence-corrected chi connectivity index (χ1v) is 20.0. The van der Waals surface area contributed by atoms with Crippen LogP contribution >= 0.6 is 0 Å². The molecular weight excluding hydrogens is 658 g/mol. The van der Waals surface area contributed by atoms with Crippen molar-refractivity contribution in [2.75, 3.05) is 59.6 Å². The third kappa shape index (κ3) is 17.0. The van der Waals surface area contributed by atoms with Crippen LogP contribution in [0, 0.1) is 11.8 Å². The SMILES string of the molecule is CO.C[C@H]1CCCN(CCCOc2ccc(C3CCC(=O)CC3)cc2)C1.C[C@H]1CCCN(CCCOc2ccc(C3CCC(O)CC3)cc2)C1.[B].[H-].[Na+]. The molecule has 0 aromatic heterocycles. The van der Waals surface area contributed by atoms with Gasteiger partial charge in [0.25, 0.3) is 0 Å². The van der Waals surface area contributed by atoms with Crippen molar-refractivity contribution in [3.8, 4) is 11.5 Å². The first-order valence-electron chi connectivity index (χ1n) is 20.0. The molecule has 2 aliphatic heterocycles. The Morgan fingerprint density at radius 2 is 1.06 bits per heavy atom. The van der Waals surface area contributed by atoms with E-state index in [-0.39, 0.29) is 45.5 Å². The number of ketones is 1. The molecule has 0 bridgehead atoms. The van der Waals surface area contributed by atoms with E-state index in [1.54, 1.807) is 0 Å². The van der Waals surface area contributed by atoms with Gasteiger partial charge in [0.1, 0.15) is 17.3 Å². The fraction of sp³-hybridized carbons (Fsp3) is 0.698. The smallest absolute Gasteiger partial charge is 1.00 e. The van der Waals surface area contributed by atoms with Crippen LogP contribution in [0.1, 0.15) is 128 Å². The second-order valence-electron chi connectivity index (χ2n) is 15.5. The number of hydrogen-bond acceptors (Lipinski definition) is 7. The van der Waals surface area contributed by atoms with Crippen LogP contribution in [0.2, 0.25) is 0 Å². The second kappa shape index (κ2) is 26.4. The molecule has 6 rings (SSSR count). The summed E-state index contributed by atoms with van der Waals surface area (Å²) in [6, 6.07) is 17.2. The molecule has 285 valence electrons. The number of benzene rings is 2. The summed E-state index contributed by atoms with van der Waals surface area (Å²) in [5, 5.41) is 16.6. The molecule has 2 aliphatic carbocycles. The van der Waals surface area contributed by atoms with Crippen LogP contribution in [0.5, 0.6) is 11.5 Å². The van der Waals surface area contributed by atoms with Gasteiger partial charge in [-0.3, -0.25) is 4.79 Å². The van der Waals surface area contributed by atoms with Crippen molar-refractivity contribution < 1.29 is 55.5 Å². The third-order valence-corrected chi connectivity index (χ3v) is 11.2. The van der Waals surface area contributed by atoms with E-state index in [9.17, 15) is 9.90 Å². The van der Waals surface area contributed by atoms with E-state index in [4.69, 9.17) is 14.6 Å². The molecule has 2 N–H and O–H groups in total. The molecule has 2 saturated carbocycles. The Balaban J connectivity index is 0.000000480. The number of aliphatic hydroxyl groups is 2. The first kappa shape index (κ1) is 46.8. The van der Waals surface area contributed by atoms with Gasteiger partial charge in [0.05, 0.1) is 19.3 Å². The number of aliphatic hydroxyl groups excluding tert-OH is 2. The van der Waals surface area contributed by atoms with E-state index >= 15 is 0 Å². The maximum atomic E-state index is 11.3. The number of piperidine rings is 2. The van der Waals surface area contributed by atoms with Crippen LogP contribution in [0.4, 0.5) is 0 Å². The number of rotatable bonds is 12. The Morgan fingerprint density at radius 3 is 1.46 bits per heavy atom. The van der Waals surface area contributed by atoms with E-state index in [2.05, 4.69) is 72.2 Å². The van der Waals surface area contributed by atoms with Gasteiger partial charge >= 0.3 is 29.6 Å². The fourth-order valence-corrected chi connectivity index (χ4v) is 8.29. The molecule has 0 unspecified atom stereocenters. The minimum absolute atomic E-state index is 0. The van der Waals surface area contributed by atoms with Gasteiger partial charge in [0.15, 0.2) is 0 Å². The molecule has 9 heteroatoms. The second-order valence-corrected chi connectivity index (χ2v) is 15.5. The summed E-state index contributed by atoms with van der Waals surface area (Å²) >= 11 is 0. The molecule has 7 nitrogen and oxygen atoms in total. The van der Waals surface area contributed by atoms with E-state index in [0.29, 0.717) is 17.6 Å². The normalized spacial score (nSPS) is 24.1. The summed E-state index contributed by atoms with van der Waals surface area (Å²) in [6.07, 6.45) is 15.2. The minimum atomic E-state index is -0.0771. The predicted molar refractivity (Wildman–Crippen MR) is 211 cm³/mol. The Bertz CT molecular complexity index is 1210. The summed E-state index contributed by atoms with van der Waals surface area (Å²) in [5.74, 6) is 5.25. The Morgan fingerprint density at radius 1 is 0.654 bits per heavy atom. The van der Waals surface area contributed by atoms with Crippen LogP contribution in [0.25, 0.3) is 0 Å². The van der Waals surface area contributed by atoms with Crippen molar-refractivity contribution in [3.05, 3.63) is 59.7 Å². The van der Waals surface area contributed by atoms with Crippen molar-refractivity contribution >= 4 is 14.2 Å². The average Bonchev–Trinajstić information content (AvgIpc) is 3.14. The quantitative estimate of drug-likeness (QED) is 0.236. The Kier molecular flexibility index (Phi) is 23.8. The van der Waals surface area contributed by atoms with Gasteiger partial charge in [-0.05, 0) is 149 Å². The summed E-state index contributed by atoms with van der Waals surface area (Å²) in [5.41, 5.74) is 2.76. The maximum absolute atomic E-state index is 11.3. The molecule has 2 atom stereocenters. The topological polar surface area (TPSA) is 82.5 Å². The van der Waals surface area contributed by atoms with Gasteiger partial charge in [-0.15, -0.1) is 0 Å². The number of carbonyl (C=O) groups excluding carboxylic acids is 1. The van der Waals surface area contributed by atoms with Crippen molar-refractivity contribution in [2.24, 2.45) is 11.8 Å². The molecule has 4 aliphatic rings. The monoisotopic (exact) mass is 728 g/mol. The standard InChI is InChI=1S/C21H33NO2.C21H31NO2.CH4O.B.Na.H/c2*1-17-4-2-13-22(16-17)14-3-15-24-21-11-7-19(8-12-21)18-5-9-20(23)10-6-18;1-2;;;/h7-8,11-12,17-18,20,23H,2-6,9-10,13-16H2,1H3;7-8,11-12,17-18H,2-6,9-10,13-16H2,1H3;2H,1H3;;;/q;;;;+1;-1/t17-,18?,20?;17-;;;;/m00..../s1. The number of hydrogen-bond donors (Lipinski definition) is 2. The molecule has 2 saturated heterocycles. The number of likely N-dealkylation sites (tertiary alicyclic amines) is 2. The van der Waals surface area contributed by atoms with Gasteiger partial charge < -0.3 is 30.9 Å². The Labute approximate surface area is 342 Å². The van der Waals surface area contributed by atoms with Gasteiger partial charge in [0, 0.05) is 54.5 Å². The molecular formula is C43H69BN2NaO5. The third-order valence-electron chi connectivity index (χ3n) is 11.2. The summed E-state index contributed by atoms with van der Waals surface area (Å²) in [7, 11) is 1.00. The van der Waals surface area contributed by atoms with Crippen molar-refractivity contribution in [1.82, 2.24) is 9.80 Å². The largest absolute Gasteiger partial charge is 1.00 e. The first-order chi connectivity index (χ1) is 24.4. The van der Waals surface area contributed by atoms with Crippen molar-refractivity contribution in [2.45, 2.75) is 122 Å². The zero-order valence-corrected chi connectivity index (χ0v) is 35.2. The van der Waals surface area contributed by atoms with E-state index in [0.717, 1.165) is 121 Å². The zero-order valence-electron chi connectivity index (χ0n) is 34.2. The molecule has 2 aromatic carbocycles. The van der Waals surface area contributed by atoms with Crippen LogP contribution in [0.15, 0.2) is 48.5 Å². The van der Waals surface area contributed by atoms with Crippen LogP contribution in [0.3, 0.4) is 0 Å². The van der Waals surface area contributed by atoms with Crippen molar-refractivity contribution in [1.29, 1.82) is 0 Å². The number of carbonyl (C=O) groups is 1. The number of nitrogens with zero attached hydrogens (tertiary/aromatic N) is 2. The van der Waals surface area contributed by atoms with Crippen LogP contribution < -0.4 is 39.0 Å². The molecule has 52 heavy (non-hydrogen) atoms. The minimum Gasteiger partial charge on any atom is -1.00 e. The molecule has 0 amide bonds. The number of Topliss-reactive ketones (excluding diaryl/α,β-unsaturated/α-hetero) is 1. The van der Waals surface area contributed by atoms with E-state index < -0.39 is 0 Å². The Hall–Kier alpha value is -1.39. The molecule has 3 radical (unpaired) electrons. The van der Waals surface area contributed by atoms with Gasteiger partial charge in [-0.2, -0.15) is 0 Å². The summed E-state index contributed by atoms with van der Waals surface area (Å²) < 4.78 is 11.8. The average molecular weight is 728 g/mol.